The van der Waals surface area contributed by atoms with Gasteiger partial charge in [0.15, 0.2) is 5.75 Å². The van der Waals surface area contributed by atoms with E-state index in [-0.39, 0.29) is 5.75 Å². The molecule has 1 heteroatoms. The van der Waals surface area contributed by atoms with Crippen LogP contribution in [0.1, 0.15) is 12.5 Å². The van der Waals surface area contributed by atoms with Gasteiger partial charge in [-0.2, -0.15) is 0 Å². The largest absolute Gasteiger partial charge is 0.289 e. The van der Waals surface area contributed by atoms with Crippen LogP contribution in [0.4, 0.5) is 0 Å². The summed E-state index contributed by atoms with van der Waals surface area (Å²) in [4.78, 5) is 0. The summed E-state index contributed by atoms with van der Waals surface area (Å²) < 4.78 is 0. The molecule has 0 amide bonds. The molecule has 0 aliphatic heterocycles. The van der Waals surface area contributed by atoms with Gasteiger partial charge in [0, 0.05) is 5.56 Å². The van der Waals surface area contributed by atoms with E-state index < -0.39 is 0 Å². The molecule has 1 aromatic carbocycles. The van der Waals surface area contributed by atoms with E-state index in [4.69, 9.17) is 0 Å². The Morgan fingerprint density at radius 1 is 1.40 bits per heavy atom. The van der Waals surface area contributed by atoms with E-state index in [2.05, 4.69) is 6.58 Å². The van der Waals surface area contributed by atoms with Crippen molar-refractivity contribution in [1.29, 1.82) is 0 Å². The van der Waals surface area contributed by atoms with Crippen molar-refractivity contribution >= 4 is 5.57 Å². The van der Waals surface area contributed by atoms with Gasteiger partial charge >= 0.3 is 0 Å². The number of rotatable bonds is 1. The van der Waals surface area contributed by atoms with E-state index in [1.54, 1.807) is 18.2 Å². The average Bonchev–Trinajstić information content (AvgIpc) is 1.88. The molecule has 0 saturated heterocycles. The minimum Gasteiger partial charge on any atom is -0.289 e. The maximum Gasteiger partial charge on any atom is 0.186 e. The minimum absolute atomic E-state index is 0.0509. The zero-order valence-corrected chi connectivity index (χ0v) is 5.92. The van der Waals surface area contributed by atoms with Gasteiger partial charge in [-0.05, 0) is 18.6 Å². The predicted octanol–water partition coefficient (Wildman–Crippen LogP) is 2.86. The molecule has 0 spiro atoms. The van der Waals surface area contributed by atoms with Gasteiger partial charge in [-0.25, -0.2) is 0 Å². The second kappa shape index (κ2) is 2.56. The van der Waals surface area contributed by atoms with Crippen LogP contribution in [0.2, 0.25) is 0 Å². The SMILES string of the molecule is C=C(C)c1ccccc1[O]. The molecular weight excluding hydrogens is 124 g/mol. The average molecular weight is 133 g/mol. The zero-order chi connectivity index (χ0) is 7.56. The molecule has 51 valence electrons. The highest BCUT2D eigenvalue weighted by Gasteiger charge is 1.99. The lowest BCUT2D eigenvalue weighted by molar-refractivity contribution is 0.353. The van der Waals surface area contributed by atoms with Gasteiger partial charge in [0.25, 0.3) is 0 Å². The Morgan fingerprint density at radius 2 is 2.00 bits per heavy atom. The number of hydrogen-bond acceptors (Lipinski definition) is 0. The zero-order valence-electron chi connectivity index (χ0n) is 5.92. The van der Waals surface area contributed by atoms with E-state index >= 15 is 0 Å². The van der Waals surface area contributed by atoms with E-state index in [1.807, 2.05) is 13.0 Å². The molecule has 0 aromatic heterocycles. The van der Waals surface area contributed by atoms with Crippen molar-refractivity contribution in [3.8, 4) is 5.75 Å². The second-order valence-corrected chi connectivity index (χ2v) is 2.28. The van der Waals surface area contributed by atoms with Crippen LogP contribution in [0.5, 0.6) is 5.75 Å². The third-order valence-electron chi connectivity index (χ3n) is 1.35. The van der Waals surface area contributed by atoms with Crippen LogP contribution < -0.4 is 0 Å². The summed E-state index contributed by atoms with van der Waals surface area (Å²) in [5.74, 6) is 0.0509. The van der Waals surface area contributed by atoms with Gasteiger partial charge < -0.3 is 0 Å². The van der Waals surface area contributed by atoms with Gasteiger partial charge in [0.2, 0.25) is 0 Å². The van der Waals surface area contributed by atoms with Crippen molar-refractivity contribution in [3.05, 3.63) is 36.4 Å². The number of hydrogen-bond donors (Lipinski definition) is 0. The molecule has 1 rings (SSSR count). The lowest BCUT2D eigenvalue weighted by Gasteiger charge is -1.97. The number of allylic oxidation sites excluding steroid dienone is 1. The second-order valence-electron chi connectivity index (χ2n) is 2.28. The molecule has 10 heavy (non-hydrogen) atoms. The number of para-hydroxylation sites is 1. The first-order valence-corrected chi connectivity index (χ1v) is 3.14. The van der Waals surface area contributed by atoms with Crippen LogP contribution in [0.3, 0.4) is 0 Å². The topological polar surface area (TPSA) is 19.9 Å². The molecule has 0 aliphatic carbocycles. The van der Waals surface area contributed by atoms with Crippen molar-refractivity contribution < 1.29 is 5.11 Å². The monoisotopic (exact) mass is 133 g/mol. The Kier molecular flexibility index (Phi) is 1.76. The Bertz CT molecular complexity index is 251. The smallest absolute Gasteiger partial charge is 0.186 e. The quantitative estimate of drug-likeness (QED) is 0.561. The summed E-state index contributed by atoms with van der Waals surface area (Å²) >= 11 is 0. The molecule has 0 N–H and O–H groups in total. The molecule has 0 atom stereocenters. The molecule has 0 saturated carbocycles. The third kappa shape index (κ3) is 1.18. The fourth-order valence-electron chi connectivity index (χ4n) is 0.819. The highest BCUT2D eigenvalue weighted by atomic mass is 16.3. The Morgan fingerprint density at radius 3 is 2.40 bits per heavy atom. The van der Waals surface area contributed by atoms with Crippen molar-refractivity contribution in [2.75, 3.05) is 0 Å². The highest BCUT2D eigenvalue weighted by molar-refractivity contribution is 5.66. The Labute approximate surface area is 60.6 Å². The summed E-state index contributed by atoms with van der Waals surface area (Å²) in [6.45, 7) is 5.52. The standard InChI is InChI=1S/C9H9O/c1-7(2)8-5-3-4-6-9(8)10/h3-6H,1H2,2H3. The minimum atomic E-state index is 0.0509. The van der Waals surface area contributed by atoms with Gasteiger partial charge in [0.1, 0.15) is 0 Å². The van der Waals surface area contributed by atoms with Crippen LogP contribution in [-0.2, 0) is 5.11 Å². The molecule has 0 heterocycles. The molecule has 0 fully saturated rings. The lowest BCUT2D eigenvalue weighted by atomic mass is 10.1. The van der Waals surface area contributed by atoms with Crippen LogP contribution in [0.15, 0.2) is 30.8 Å². The molecule has 0 bridgehead atoms. The van der Waals surface area contributed by atoms with Gasteiger partial charge in [0.05, 0.1) is 0 Å². The van der Waals surface area contributed by atoms with Crippen LogP contribution >= 0.6 is 0 Å². The van der Waals surface area contributed by atoms with Crippen molar-refractivity contribution in [3.63, 3.8) is 0 Å². The van der Waals surface area contributed by atoms with Crippen LogP contribution in [-0.4, -0.2) is 0 Å². The number of benzene rings is 1. The molecule has 1 nitrogen and oxygen atoms in total. The van der Waals surface area contributed by atoms with Gasteiger partial charge in [-0.15, -0.1) is 0 Å². The van der Waals surface area contributed by atoms with Crippen molar-refractivity contribution in [2.24, 2.45) is 0 Å². The van der Waals surface area contributed by atoms with E-state index in [0.717, 1.165) is 5.57 Å². The molecular formula is C9H9O. The normalized spacial score (nSPS) is 9.30. The third-order valence-corrected chi connectivity index (χ3v) is 1.35. The molecule has 0 aliphatic rings. The lowest BCUT2D eigenvalue weighted by Crippen LogP contribution is -1.75. The fraction of sp³-hybridized carbons (Fsp3) is 0.111. The highest BCUT2D eigenvalue weighted by Crippen LogP contribution is 2.22. The van der Waals surface area contributed by atoms with Gasteiger partial charge in [-0.1, -0.05) is 24.8 Å². The van der Waals surface area contributed by atoms with Crippen molar-refractivity contribution in [2.45, 2.75) is 6.92 Å². The Hall–Kier alpha value is -1.24. The first-order chi connectivity index (χ1) is 4.72. The summed E-state index contributed by atoms with van der Waals surface area (Å²) in [6.07, 6.45) is 0. The Balaban J connectivity index is 3.15. The first kappa shape index (κ1) is 6.87. The maximum absolute atomic E-state index is 11.0. The summed E-state index contributed by atoms with van der Waals surface area (Å²) in [7, 11) is 0. The van der Waals surface area contributed by atoms with Crippen LogP contribution in [0, 0.1) is 0 Å². The fourth-order valence-corrected chi connectivity index (χ4v) is 0.819. The van der Waals surface area contributed by atoms with E-state index in [9.17, 15) is 5.11 Å². The summed E-state index contributed by atoms with van der Waals surface area (Å²) in [6, 6.07) is 6.90. The van der Waals surface area contributed by atoms with Crippen molar-refractivity contribution in [1.82, 2.24) is 0 Å². The molecule has 1 radical (unpaired) electrons. The van der Waals surface area contributed by atoms with E-state index in [1.165, 1.54) is 0 Å². The summed E-state index contributed by atoms with van der Waals surface area (Å²) in [5, 5.41) is 11.0. The van der Waals surface area contributed by atoms with Gasteiger partial charge in [-0.3, -0.25) is 5.11 Å². The van der Waals surface area contributed by atoms with Crippen LogP contribution in [0.25, 0.3) is 5.57 Å². The predicted molar refractivity (Wildman–Crippen MR) is 41.3 cm³/mol. The first-order valence-electron chi connectivity index (χ1n) is 3.14. The summed E-state index contributed by atoms with van der Waals surface area (Å²) in [5.41, 5.74) is 1.54. The molecule has 0 unspecified atom stereocenters. The maximum atomic E-state index is 11.0. The van der Waals surface area contributed by atoms with E-state index in [0.29, 0.717) is 5.56 Å². The molecule has 1 aromatic rings.